The molecule has 0 aliphatic rings. The first kappa shape index (κ1) is 17.9. The van der Waals surface area contributed by atoms with Crippen LogP contribution < -0.4 is 5.32 Å². The smallest absolute Gasteiger partial charge is 0.319 e. The zero-order chi connectivity index (χ0) is 15.1. The normalized spacial score (nSPS) is 14.6. The van der Waals surface area contributed by atoms with Crippen molar-refractivity contribution in [2.75, 3.05) is 19.8 Å². The van der Waals surface area contributed by atoms with E-state index in [2.05, 4.69) is 5.32 Å². The summed E-state index contributed by atoms with van der Waals surface area (Å²) in [6.07, 6.45) is 0. The van der Waals surface area contributed by atoms with Crippen LogP contribution in [-0.4, -0.2) is 37.7 Å². The van der Waals surface area contributed by atoms with Crippen LogP contribution in [0.2, 0.25) is 0 Å². The molecule has 1 amide bonds. The van der Waals surface area contributed by atoms with E-state index in [9.17, 15) is 9.59 Å². The lowest BCUT2D eigenvalue weighted by molar-refractivity contribution is -0.157. The second kappa shape index (κ2) is 8.15. The Morgan fingerprint density at radius 2 is 1.74 bits per heavy atom. The third-order valence-electron chi connectivity index (χ3n) is 2.61. The van der Waals surface area contributed by atoms with Crippen LogP contribution in [0.4, 0.5) is 0 Å². The van der Waals surface area contributed by atoms with Crippen molar-refractivity contribution in [2.45, 2.75) is 47.6 Å². The van der Waals surface area contributed by atoms with Crippen molar-refractivity contribution < 1.29 is 19.1 Å². The van der Waals surface area contributed by atoms with E-state index in [1.54, 1.807) is 6.92 Å². The van der Waals surface area contributed by atoms with Crippen LogP contribution >= 0.6 is 0 Å². The molecule has 0 aliphatic heterocycles. The van der Waals surface area contributed by atoms with Gasteiger partial charge in [0.1, 0.15) is 5.92 Å². The Bertz CT molecular complexity index is 296. The van der Waals surface area contributed by atoms with E-state index in [4.69, 9.17) is 9.47 Å². The first-order valence-corrected chi connectivity index (χ1v) is 6.78. The van der Waals surface area contributed by atoms with Crippen LogP contribution in [0.15, 0.2) is 0 Å². The molecule has 5 nitrogen and oxygen atoms in total. The first-order valence-electron chi connectivity index (χ1n) is 6.78. The SMILES string of the molecule is CCOCC(C)NC(=O)C(C(=O)OCC)C(C)(C)C. The molecule has 0 heterocycles. The number of nitrogens with one attached hydrogen (secondary N) is 1. The lowest BCUT2D eigenvalue weighted by Crippen LogP contribution is -2.47. The van der Waals surface area contributed by atoms with Crippen molar-refractivity contribution in [3.63, 3.8) is 0 Å². The van der Waals surface area contributed by atoms with Gasteiger partial charge in [-0.2, -0.15) is 0 Å². The Morgan fingerprint density at radius 3 is 2.16 bits per heavy atom. The van der Waals surface area contributed by atoms with Crippen molar-refractivity contribution in [3.8, 4) is 0 Å². The van der Waals surface area contributed by atoms with Gasteiger partial charge in [0, 0.05) is 12.6 Å². The molecule has 19 heavy (non-hydrogen) atoms. The summed E-state index contributed by atoms with van der Waals surface area (Å²) >= 11 is 0. The minimum atomic E-state index is -0.809. The fourth-order valence-corrected chi connectivity index (χ4v) is 1.74. The van der Waals surface area contributed by atoms with Gasteiger partial charge in [-0.25, -0.2) is 0 Å². The fourth-order valence-electron chi connectivity index (χ4n) is 1.74. The number of esters is 1. The minimum Gasteiger partial charge on any atom is -0.465 e. The van der Waals surface area contributed by atoms with Crippen molar-refractivity contribution in [3.05, 3.63) is 0 Å². The maximum Gasteiger partial charge on any atom is 0.319 e. The number of carbonyl (C=O) groups excluding carboxylic acids is 2. The van der Waals surface area contributed by atoms with Crippen molar-refractivity contribution >= 4 is 11.9 Å². The summed E-state index contributed by atoms with van der Waals surface area (Å²) in [5.41, 5.74) is -0.484. The van der Waals surface area contributed by atoms with E-state index in [-0.39, 0.29) is 18.6 Å². The van der Waals surface area contributed by atoms with Gasteiger partial charge >= 0.3 is 5.97 Å². The highest BCUT2D eigenvalue weighted by Crippen LogP contribution is 2.27. The average molecular weight is 273 g/mol. The van der Waals surface area contributed by atoms with E-state index in [0.29, 0.717) is 13.2 Å². The van der Waals surface area contributed by atoms with Gasteiger partial charge in [-0.05, 0) is 26.2 Å². The number of amides is 1. The molecule has 2 unspecified atom stereocenters. The molecule has 0 aromatic carbocycles. The van der Waals surface area contributed by atoms with E-state index in [0.717, 1.165) is 0 Å². The van der Waals surface area contributed by atoms with Gasteiger partial charge in [-0.3, -0.25) is 9.59 Å². The zero-order valence-corrected chi connectivity index (χ0v) is 12.9. The number of ether oxygens (including phenoxy) is 2. The van der Waals surface area contributed by atoms with Crippen LogP contribution in [0.25, 0.3) is 0 Å². The molecule has 0 aromatic rings. The van der Waals surface area contributed by atoms with Gasteiger partial charge in [0.2, 0.25) is 5.91 Å². The molecule has 0 rings (SSSR count). The maximum absolute atomic E-state index is 12.2. The molecule has 2 atom stereocenters. The molecule has 0 spiro atoms. The molecule has 0 saturated carbocycles. The second-order valence-corrected chi connectivity index (χ2v) is 5.62. The van der Waals surface area contributed by atoms with E-state index >= 15 is 0 Å². The van der Waals surface area contributed by atoms with Crippen LogP contribution in [0, 0.1) is 11.3 Å². The van der Waals surface area contributed by atoms with Crippen molar-refractivity contribution in [1.29, 1.82) is 0 Å². The molecular weight excluding hydrogens is 246 g/mol. The highest BCUT2D eigenvalue weighted by Gasteiger charge is 2.39. The molecule has 1 N–H and O–H groups in total. The Balaban J connectivity index is 4.69. The Labute approximate surface area is 116 Å². The largest absolute Gasteiger partial charge is 0.465 e. The van der Waals surface area contributed by atoms with Gasteiger partial charge in [0.25, 0.3) is 0 Å². The van der Waals surface area contributed by atoms with Crippen molar-refractivity contribution in [1.82, 2.24) is 5.32 Å². The van der Waals surface area contributed by atoms with Gasteiger partial charge in [-0.1, -0.05) is 20.8 Å². The monoisotopic (exact) mass is 273 g/mol. The molecule has 0 radical (unpaired) electrons. The number of carbonyl (C=O) groups is 2. The Hall–Kier alpha value is -1.10. The Morgan fingerprint density at radius 1 is 1.16 bits per heavy atom. The fraction of sp³-hybridized carbons (Fsp3) is 0.857. The summed E-state index contributed by atoms with van der Waals surface area (Å²) in [5.74, 6) is -1.59. The lowest BCUT2D eigenvalue weighted by atomic mass is 9.80. The van der Waals surface area contributed by atoms with E-state index in [1.807, 2.05) is 34.6 Å². The topological polar surface area (TPSA) is 64.6 Å². The molecule has 0 fully saturated rings. The number of hydrogen-bond acceptors (Lipinski definition) is 4. The van der Waals surface area contributed by atoms with Gasteiger partial charge < -0.3 is 14.8 Å². The summed E-state index contributed by atoms with van der Waals surface area (Å²) in [5, 5.41) is 2.80. The summed E-state index contributed by atoms with van der Waals surface area (Å²) < 4.78 is 10.2. The van der Waals surface area contributed by atoms with Crippen LogP contribution in [0.1, 0.15) is 41.5 Å². The quantitative estimate of drug-likeness (QED) is 0.567. The zero-order valence-electron chi connectivity index (χ0n) is 12.9. The summed E-state index contributed by atoms with van der Waals surface area (Å²) in [4.78, 5) is 24.1. The van der Waals surface area contributed by atoms with E-state index in [1.165, 1.54) is 0 Å². The van der Waals surface area contributed by atoms with Crippen LogP contribution in [-0.2, 0) is 19.1 Å². The van der Waals surface area contributed by atoms with Gasteiger partial charge in [-0.15, -0.1) is 0 Å². The number of rotatable bonds is 7. The first-order chi connectivity index (χ1) is 8.73. The summed E-state index contributed by atoms with van der Waals surface area (Å²) in [7, 11) is 0. The molecule has 0 aliphatic carbocycles. The van der Waals surface area contributed by atoms with Crippen LogP contribution in [0.5, 0.6) is 0 Å². The maximum atomic E-state index is 12.2. The summed E-state index contributed by atoms with van der Waals surface area (Å²) in [6, 6.07) is -0.133. The molecule has 0 saturated heterocycles. The van der Waals surface area contributed by atoms with Crippen molar-refractivity contribution in [2.24, 2.45) is 11.3 Å². The van der Waals surface area contributed by atoms with Gasteiger partial charge in [0.15, 0.2) is 0 Å². The molecule has 5 heteroatoms. The standard InChI is InChI=1S/C14H27NO4/c1-7-18-9-10(3)15-12(16)11(14(4,5)6)13(17)19-8-2/h10-11H,7-9H2,1-6H3,(H,15,16). The Kier molecular flexibility index (Phi) is 7.68. The predicted molar refractivity (Wildman–Crippen MR) is 73.7 cm³/mol. The summed E-state index contributed by atoms with van der Waals surface area (Å²) in [6.45, 7) is 12.3. The van der Waals surface area contributed by atoms with E-state index < -0.39 is 17.3 Å². The highest BCUT2D eigenvalue weighted by atomic mass is 16.5. The minimum absolute atomic E-state index is 0.133. The van der Waals surface area contributed by atoms with Crippen LogP contribution in [0.3, 0.4) is 0 Å². The third-order valence-corrected chi connectivity index (χ3v) is 2.61. The predicted octanol–water partition coefficient (Wildman–Crippen LogP) is 1.75. The highest BCUT2D eigenvalue weighted by molar-refractivity contribution is 5.98. The average Bonchev–Trinajstić information content (AvgIpc) is 2.24. The molecule has 0 aromatic heterocycles. The molecular formula is C14H27NO4. The molecule has 0 bridgehead atoms. The lowest BCUT2D eigenvalue weighted by Gasteiger charge is -2.28. The second-order valence-electron chi connectivity index (χ2n) is 5.62. The number of hydrogen-bond donors (Lipinski definition) is 1. The third kappa shape index (κ3) is 6.57. The molecule has 112 valence electrons. The van der Waals surface area contributed by atoms with Gasteiger partial charge in [0.05, 0.1) is 13.2 Å².